The van der Waals surface area contributed by atoms with E-state index in [1.165, 1.54) is 0 Å². The van der Waals surface area contributed by atoms with E-state index in [0.717, 1.165) is 18.4 Å². The molecule has 0 saturated heterocycles. The third-order valence-corrected chi connectivity index (χ3v) is 5.80. The average molecular weight is 312 g/mol. The normalized spacial score (nSPS) is 26.7. The van der Waals surface area contributed by atoms with Gasteiger partial charge < -0.3 is 5.11 Å². The highest BCUT2D eigenvalue weighted by molar-refractivity contribution is 7.89. The summed E-state index contributed by atoms with van der Waals surface area (Å²) in [6, 6.07) is 3.64. The number of rotatable bonds is 6. The molecule has 2 rings (SSSR count). The Hall–Kier alpha value is -0.980. The standard InChI is InChI=1S/C15H24N2O3S/c1-13-2-7-15(12-18,8-3-13)17-21(19,20)11-6-14-4-9-16-10-5-14/h4-5,9-10,13,17-18H,2-3,6-8,11-12H2,1H3. The summed E-state index contributed by atoms with van der Waals surface area (Å²) in [6.07, 6.45) is 7.09. The van der Waals surface area contributed by atoms with Gasteiger partial charge in [-0.1, -0.05) is 6.92 Å². The van der Waals surface area contributed by atoms with Crippen LogP contribution in [0.5, 0.6) is 0 Å². The second kappa shape index (κ2) is 6.85. The molecule has 1 aromatic rings. The first-order valence-corrected chi connectivity index (χ1v) is 9.11. The first-order valence-electron chi connectivity index (χ1n) is 7.46. The third-order valence-electron chi connectivity index (χ3n) is 4.31. The molecule has 2 N–H and O–H groups in total. The van der Waals surface area contributed by atoms with Crippen LogP contribution >= 0.6 is 0 Å². The second-order valence-corrected chi connectivity index (χ2v) is 7.99. The van der Waals surface area contributed by atoms with Gasteiger partial charge in [-0.2, -0.15) is 0 Å². The summed E-state index contributed by atoms with van der Waals surface area (Å²) in [5.41, 5.74) is 0.287. The predicted molar refractivity (Wildman–Crippen MR) is 82.3 cm³/mol. The molecule has 0 amide bonds. The summed E-state index contributed by atoms with van der Waals surface area (Å²) in [6.45, 7) is 2.04. The van der Waals surface area contributed by atoms with Gasteiger partial charge >= 0.3 is 0 Å². The number of aryl methyl sites for hydroxylation is 1. The summed E-state index contributed by atoms with van der Waals surface area (Å²) in [7, 11) is -3.40. The molecule has 0 radical (unpaired) electrons. The van der Waals surface area contributed by atoms with Gasteiger partial charge in [-0.15, -0.1) is 0 Å². The quantitative estimate of drug-likeness (QED) is 0.834. The fourth-order valence-corrected chi connectivity index (χ4v) is 4.32. The summed E-state index contributed by atoms with van der Waals surface area (Å²) in [5, 5.41) is 9.64. The molecule has 0 aromatic carbocycles. The number of pyridine rings is 1. The Labute approximate surface area is 126 Å². The molecule has 1 aromatic heterocycles. The number of aromatic nitrogens is 1. The van der Waals surface area contributed by atoms with Gasteiger partial charge in [0.25, 0.3) is 0 Å². The smallest absolute Gasteiger partial charge is 0.212 e. The third kappa shape index (κ3) is 4.76. The maximum absolute atomic E-state index is 12.3. The highest BCUT2D eigenvalue weighted by atomic mass is 32.2. The Morgan fingerprint density at radius 1 is 1.33 bits per heavy atom. The van der Waals surface area contributed by atoms with Gasteiger partial charge in [0.15, 0.2) is 0 Å². The number of sulfonamides is 1. The summed E-state index contributed by atoms with van der Waals surface area (Å²) < 4.78 is 27.3. The van der Waals surface area contributed by atoms with Crippen molar-refractivity contribution in [2.45, 2.75) is 44.6 Å². The highest BCUT2D eigenvalue weighted by Gasteiger charge is 2.36. The molecule has 5 nitrogen and oxygen atoms in total. The molecular weight excluding hydrogens is 288 g/mol. The van der Waals surface area contributed by atoms with Gasteiger partial charge in [-0.3, -0.25) is 4.98 Å². The topological polar surface area (TPSA) is 79.3 Å². The Morgan fingerprint density at radius 2 is 1.95 bits per heavy atom. The van der Waals surface area contributed by atoms with Crippen molar-refractivity contribution < 1.29 is 13.5 Å². The molecule has 0 bridgehead atoms. The van der Waals surface area contributed by atoms with Crippen LogP contribution in [-0.4, -0.2) is 36.4 Å². The lowest BCUT2D eigenvalue weighted by atomic mass is 9.78. The molecule has 1 saturated carbocycles. The minimum atomic E-state index is -3.40. The molecule has 0 spiro atoms. The molecule has 118 valence electrons. The van der Waals surface area contributed by atoms with Crippen LogP contribution in [0, 0.1) is 5.92 Å². The average Bonchev–Trinajstić information content (AvgIpc) is 2.49. The number of aliphatic hydroxyl groups is 1. The first-order chi connectivity index (χ1) is 9.95. The van der Waals surface area contributed by atoms with E-state index < -0.39 is 15.6 Å². The van der Waals surface area contributed by atoms with Crippen molar-refractivity contribution in [1.29, 1.82) is 0 Å². The van der Waals surface area contributed by atoms with Crippen molar-refractivity contribution in [2.75, 3.05) is 12.4 Å². The van der Waals surface area contributed by atoms with E-state index in [9.17, 15) is 13.5 Å². The summed E-state index contributed by atoms with van der Waals surface area (Å²) in [4.78, 5) is 3.92. The van der Waals surface area contributed by atoms with Gasteiger partial charge in [0.1, 0.15) is 0 Å². The molecule has 1 aliphatic carbocycles. The Balaban J connectivity index is 1.96. The van der Waals surface area contributed by atoms with Crippen molar-refractivity contribution in [3.8, 4) is 0 Å². The van der Waals surface area contributed by atoms with E-state index in [1.54, 1.807) is 12.4 Å². The Kier molecular flexibility index (Phi) is 5.35. The van der Waals surface area contributed by atoms with E-state index >= 15 is 0 Å². The zero-order chi connectivity index (χ0) is 15.3. The predicted octanol–water partition coefficient (Wildman–Crippen LogP) is 1.48. The lowest BCUT2D eigenvalue weighted by Crippen LogP contribution is -2.53. The largest absolute Gasteiger partial charge is 0.394 e. The van der Waals surface area contributed by atoms with Gasteiger partial charge in [-0.05, 0) is 55.7 Å². The van der Waals surface area contributed by atoms with E-state index in [1.807, 2.05) is 12.1 Å². The zero-order valence-electron chi connectivity index (χ0n) is 12.5. The van der Waals surface area contributed by atoms with Crippen LogP contribution in [-0.2, 0) is 16.4 Å². The van der Waals surface area contributed by atoms with Gasteiger partial charge in [0.2, 0.25) is 10.0 Å². The molecule has 1 heterocycles. The van der Waals surface area contributed by atoms with Crippen LogP contribution in [0.15, 0.2) is 24.5 Å². The van der Waals surface area contributed by atoms with Crippen LogP contribution in [0.2, 0.25) is 0 Å². The molecule has 6 heteroatoms. The van der Waals surface area contributed by atoms with Crippen molar-refractivity contribution in [3.63, 3.8) is 0 Å². The van der Waals surface area contributed by atoms with E-state index in [2.05, 4.69) is 16.6 Å². The molecule has 0 aliphatic heterocycles. The number of aliphatic hydroxyl groups excluding tert-OH is 1. The van der Waals surface area contributed by atoms with Crippen molar-refractivity contribution >= 4 is 10.0 Å². The lowest BCUT2D eigenvalue weighted by molar-refractivity contribution is 0.125. The Morgan fingerprint density at radius 3 is 2.52 bits per heavy atom. The maximum atomic E-state index is 12.3. The molecule has 21 heavy (non-hydrogen) atoms. The SMILES string of the molecule is CC1CCC(CO)(NS(=O)(=O)CCc2ccncc2)CC1. The van der Waals surface area contributed by atoms with Crippen LogP contribution in [0.3, 0.4) is 0 Å². The lowest BCUT2D eigenvalue weighted by Gasteiger charge is -2.38. The highest BCUT2D eigenvalue weighted by Crippen LogP contribution is 2.32. The van der Waals surface area contributed by atoms with Gasteiger partial charge in [0.05, 0.1) is 17.9 Å². The number of hydrogen-bond acceptors (Lipinski definition) is 4. The first kappa shape index (κ1) is 16.4. The van der Waals surface area contributed by atoms with Crippen LogP contribution < -0.4 is 4.72 Å². The molecule has 0 unspecified atom stereocenters. The summed E-state index contributed by atoms with van der Waals surface area (Å²) >= 11 is 0. The van der Waals surface area contributed by atoms with E-state index in [-0.39, 0.29) is 12.4 Å². The van der Waals surface area contributed by atoms with E-state index in [0.29, 0.717) is 25.2 Å². The molecule has 0 atom stereocenters. The van der Waals surface area contributed by atoms with Crippen LogP contribution in [0.25, 0.3) is 0 Å². The maximum Gasteiger partial charge on any atom is 0.212 e. The number of nitrogens with zero attached hydrogens (tertiary/aromatic N) is 1. The van der Waals surface area contributed by atoms with Gasteiger partial charge in [-0.25, -0.2) is 13.1 Å². The summed E-state index contributed by atoms with van der Waals surface area (Å²) in [5.74, 6) is 0.639. The fraction of sp³-hybridized carbons (Fsp3) is 0.667. The van der Waals surface area contributed by atoms with E-state index in [4.69, 9.17) is 0 Å². The minimum Gasteiger partial charge on any atom is -0.394 e. The molecule has 1 aliphatic rings. The van der Waals surface area contributed by atoms with Crippen molar-refractivity contribution in [2.24, 2.45) is 5.92 Å². The monoisotopic (exact) mass is 312 g/mol. The second-order valence-electron chi connectivity index (χ2n) is 6.15. The van der Waals surface area contributed by atoms with Crippen LogP contribution in [0.1, 0.15) is 38.2 Å². The van der Waals surface area contributed by atoms with Crippen molar-refractivity contribution in [1.82, 2.24) is 9.71 Å². The van der Waals surface area contributed by atoms with Crippen molar-refractivity contribution in [3.05, 3.63) is 30.1 Å². The number of hydrogen-bond donors (Lipinski definition) is 2. The fourth-order valence-electron chi connectivity index (χ4n) is 2.79. The minimum absolute atomic E-state index is 0.0360. The number of nitrogens with one attached hydrogen (secondary N) is 1. The van der Waals surface area contributed by atoms with Crippen LogP contribution in [0.4, 0.5) is 0 Å². The molecular formula is C15H24N2O3S. The molecule has 1 fully saturated rings. The zero-order valence-corrected chi connectivity index (χ0v) is 13.3. The Bertz CT molecular complexity index is 537. The van der Waals surface area contributed by atoms with Gasteiger partial charge in [0, 0.05) is 12.4 Å².